The first kappa shape index (κ1) is 11.9. The van der Waals surface area contributed by atoms with Gasteiger partial charge in [-0.3, -0.25) is 0 Å². The third-order valence-electron chi connectivity index (χ3n) is 3.01. The summed E-state index contributed by atoms with van der Waals surface area (Å²) in [6, 6.07) is 11.7. The van der Waals surface area contributed by atoms with E-state index in [9.17, 15) is 4.79 Å². The van der Waals surface area contributed by atoms with E-state index in [4.69, 9.17) is 0 Å². The van der Waals surface area contributed by atoms with Crippen LogP contribution in [0.3, 0.4) is 0 Å². The molecule has 1 aromatic carbocycles. The Kier molecular flexibility index (Phi) is 3.05. The zero-order valence-electron chi connectivity index (χ0n) is 10.5. The van der Waals surface area contributed by atoms with Gasteiger partial charge < -0.3 is 0 Å². The largest absolute Gasteiger partial charge is 0.363 e. The molecular weight excluding hydrogens is 258 g/mol. The Morgan fingerprint density at radius 2 is 2.16 bits per heavy atom. The number of amides is 1. The van der Waals surface area contributed by atoms with E-state index in [2.05, 4.69) is 21.8 Å². The van der Waals surface area contributed by atoms with Crippen molar-refractivity contribution in [2.24, 2.45) is 0 Å². The molecule has 3 rings (SSSR count). The van der Waals surface area contributed by atoms with Crippen molar-refractivity contribution >= 4 is 34.2 Å². The van der Waals surface area contributed by atoms with Crippen molar-refractivity contribution in [1.29, 1.82) is 0 Å². The minimum atomic E-state index is -0.0799. The summed E-state index contributed by atoms with van der Waals surface area (Å²) in [5, 5.41) is 4.83. The van der Waals surface area contributed by atoms with E-state index < -0.39 is 0 Å². The third-order valence-corrected chi connectivity index (χ3v) is 3.88. The molecule has 0 atom stereocenters. The number of nitrogens with zero attached hydrogens (tertiary/aromatic N) is 1. The number of anilines is 1. The highest BCUT2D eigenvalue weighted by atomic mass is 32.1. The van der Waals surface area contributed by atoms with E-state index in [1.54, 1.807) is 0 Å². The van der Waals surface area contributed by atoms with E-state index >= 15 is 0 Å². The number of imidazole rings is 1. The number of carbonyl (C=O) groups excluding carboxylic acids is 1. The summed E-state index contributed by atoms with van der Waals surface area (Å²) in [6.07, 6.45) is 0. The van der Waals surface area contributed by atoms with Crippen LogP contribution in [0.15, 0.2) is 41.8 Å². The molecule has 2 aromatic heterocycles. The monoisotopic (exact) mass is 272 g/mol. The number of carbonyl (C=O) groups is 1. The summed E-state index contributed by atoms with van der Waals surface area (Å²) >= 11 is 1.44. The Balaban J connectivity index is 1.99. The highest BCUT2D eigenvalue weighted by Crippen LogP contribution is 2.14. The van der Waals surface area contributed by atoms with Crippen molar-refractivity contribution in [2.75, 3.05) is 5.32 Å². The van der Waals surface area contributed by atoms with E-state index in [0.29, 0.717) is 4.88 Å². The van der Waals surface area contributed by atoms with E-state index in [1.165, 1.54) is 11.3 Å². The zero-order valence-corrected chi connectivity index (χ0v) is 11.3. The fourth-order valence-corrected chi connectivity index (χ4v) is 2.75. The van der Waals surface area contributed by atoms with Crippen molar-refractivity contribution in [3.63, 3.8) is 0 Å². The van der Waals surface area contributed by atoms with Crippen LogP contribution in [0.5, 0.6) is 0 Å². The summed E-state index contributed by atoms with van der Waals surface area (Å²) < 4.78 is 2.06. The van der Waals surface area contributed by atoms with Crippen LogP contribution in [-0.2, 0) is 6.54 Å². The van der Waals surface area contributed by atoms with Gasteiger partial charge in [0, 0.05) is 0 Å². The molecule has 0 aliphatic heterocycles. The molecule has 3 aromatic rings. The van der Waals surface area contributed by atoms with Crippen LogP contribution >= 0.6 is 11.3 Å². The number of aromatic nitrogens is 2. The van der Waals surface area contributed by atoms with Crippen molar-refractivity contribution in [3.8, 4) is 0 Å². The number of aryl methyl sites for hydroxylation is 1. The number of thiophene rings is 1. The molecule has 0 aliphatic carbocycles. The lowest BCUT2D eigenvalue weighted by molar-refractivity contribution is -0.653. The van der Waals surface area contributed by atoms with Crippen LogP contribution < -0.4 is 9.88 Å². The van der Waals surface area contributed by atoms with Gasteiger partial charge in [0.2, 0.25) is 0 Å². The highest BCUT2D eigenvalue weighted by Gasteiger charge is 2.19. The Morgan fingerprint density at radius 3 is 2.89 bits per heavy atom. The number of nitrogens with one attached hydrogen (secondary N) is 2. The SMILES string of the molecule is CC[n+]1c(NC(=O)c2cccs2)[nH]c2ccccc21. The molecule has 0 saturated heterocycles. The molecule has 0 saturated carbocycles. The molecule has 2 N–H and O–H groups in total. The lowest BCUT2D eigenvalue weighted by atomic mass is 10.3. The fourth-order valence-electron chi connectivity index (χ4n) is 2.13. The molecular formula is C14H14N3OS+. The summed E-state index contributed by atoms with van der Waals surface area (Å²) in [4.78, 5) is 16.0. The smallest absolute Gasteiger partial charge is 0.249 e. The quantitative estimate of drug-likeness (QED) is 0.708. The first-order valence-electron chi connectivity index (χ1n) is 6.15. The van der Waals surface area contributed by atoms with Crippen LogP contribution in [0.1, 0.15) is 16.6 Å². The second-order valence-electron chi connectivity index (χ2n) is 4.17. The standard InChI is InChI=1S/C14H13N3OS/c1-2-17-11-7-4-3-6-10(11)15-14(17)16-13(18)12-8-5-9-19-12/h3-9H,2H2,1H3,(H,15,16,18)/p+1. The minimum Gasteiger partial charge on any atom is -0.249 e. The number of rotatable bonds is 3. The number of para-hydroxylation sites is 2. The van der Waals surface area contributed by atoms with Crippen molar-refractivity contribution in [3.05, 3.63) is 46.7 Å². The number of fused-ring (bicyclic) bond motifs is 1. The summed E-state index contributed by atoms with van der Waals surface area (Å²) in [6.45, 7) is 2.85. The van der Waals surface area contributed by atoms with E-state index in [1.807, 2.05) is 41.8 Å². The lowest BCUT2D eigenvalue weighted by Gasteiger charge is -1.99. The Morgan fingerprint density at radius 1 is 1.32 bits per heavy atom. The average Bonchev–Trinajstić information content (AvgIpc) is 3.05. The summed E-state index contributed by atoms with van der Waals surface area (Å²) in [7, 11) is 0. The molecule has 4 nitrogen and oxygen atoms in total. The molecule has 5 heteroatoms. The maximum Gasteiger partial charge on any atom is 0.363 e. The number of hydrogen-bond donors (Lipinski definition) is 2. The van der Waals surface area contributed by atoms with Gasteiger partial charge in [-0.2, -0.15) is 0 Å². The first-order chi connectivity index (χ1) is 9.29. The van der Waals surface area contributed by atoms with E-state index in [-0.39, 0.29) is 5.91 Å². The molecule has 0 fully saturated rings. The predicted octanol–water partition coefficient (Wildman–Crippen LogP) is 2.79. The normalized spacial score (nSPS) is 10.8. The molecule has 2 heterocycles. The van der Waals surface area contributed by atoms with Gasteiger partial charge in [0.15, 0.2) is 0 Å². The number of benzene rings is 1. The van der Waals surface area contributed by atoms with Gasteiger partial charge in [-0.1, -0.05) is 18.2 Å². The predicted molar refractivity (Wildman–Crippen MR) is 76.4 cm³/mol. The van der Waals surface area contributed by atoms with Crippen LogP contribution in [0, 0.1) is 0 Å². The highest BCUT2D eigenvalue weighted by molar-refractivity contribution is 7.12. The maximum absolute atomic E-state index is 12.1. The minimum absolute atomic E-state index is 0.0799. The van der Waals surface area contributed by atoms with Crippen LogP contribution in [0.2, 0.25) is 0 Å². The first-order valence-corrected chi connectivity index (χ1v) is 7.03. The molecule has 0 bridgehead atoms. The van der Waals surface area contributed by atoms with Gasteiger partial charge in [-0.25, -0.2) is 19.7 Å². The maximum atomic E-state index is 12.1. The van der Waals surface area contributed by atoms with Gasteiger partial charge in [0.25, 0.3) is 0 Å². The zero-order chi connectivity index (χ0) is 13.2. The van der Waals surface area contributed by atoms with Gasteiger partial charge in [-0.15, -0.1) is 11.3 Å². The Labute approximate surface area is 114 Å². The molecule has 0 unspecified atom stereocenters. The molecule has 96 valence electrons. The topological polar surface area (TPSA) is 48.8 Å². The van der Waals surface area contributed by atoms with Crippen LogP contribution in [0.4, 0.5) is 5.95 Å². The van der Waals surface area contributed by atoms with E-state index in [0.717, 1.165) is 23.5 Å². The van der Waals surface area contributed by atoms with Crippen molar-refractivity contribution < 1.29 is 9.36 Å². The van der Waals surface area contributed by atoms with Gasteiger partial charge in [-0.05, 0) is 30.5 Å². The number of aromatic amines is 1. The molecule has 0 aliphatic rings. The Bertz CT molecular complexity index is 715. The molecule has 0 spiro atoms. The summed E-state index contributed by atoms with van der Waals surface area (Å²) in [5.74, 6) is 0.644. The van der Waals surface area contributed by atoms with Gasteiger partial charge >= 0.3 is 11.9 Å². The van der Waals surface area contributed by atoms with Crippen molar-refractivity contribution in [1.82, 2.24) is 4.98 Å². The molecule has 0 radical (unpaired) electrons. The number of hydrogen-bond acceptors (Lipinski definition) is 2. The van der Waals surface area contributed by atoms with Gasteiger partial charge in [0.1, 0.15) is 15.9 Å². The molecule has 19 heavy (non-hydrogen) atoms. The van der Waals surface area contributed by atoms with Crippen LogP contribution in [-0.4, -0.2) is 10.9 Å². The number of H-pyrrole nitrogens is 1. The molecule has 1 amide bonds. The fraction of sp³-hybridized carbons (Fsp3) is 0.143. The third kappa shape index (κ3) is 2.13. The van der Waals surface area contributed by atoms with Crippen molar-refractivity contribution in [2.45, 2.75) is 13.5 Å². The second kappa shape index (κ2) is 4.85. The van der Waals surface area contributed by atoms with Gasteiger partial charge in [0.05, 0.1) is 6.54 Å². The average molecular weight is 272 g/mol. The van der Waals surface area contributed by atoms with Crippen LogP contribution in [0.25, 0.3) is 11.0 Å². The second-order valence-corrected chi connectivity index (χ2v) is 5.11. The Hall–Kier alpha value is -2.14. The lowest BCUT2D eigenvalue weighted by Crippen LogP contribution is -2.36. The summed E-state index contributed by atoms with van der Waals surface area (Å²) in [5.41, 5.74) is 2.11.